The predicted molar refractivity (Wildman–Crippen MR) is 77.9 cm³/mol. The Kier molecular flexibility index (Phi) is 5.06. The van der Waals surface area contributed by atoms with Gasteiger partial charge in [-0.1, -0.05) is 11.6 Å². The molecule has 3 unspecified atom stereocenters. The molecule has 1 saturated heterocycles. The summed E-state index contributed by atoms with van der Waals surface area (Å²) in [6.07, 6.45) is -0.348. The standard InChI is InChI=1S/C15H19ClFNO3/c1-9(19)11-5-6-18(8-11)15(20)10(2)21-14-4-3-12(17)7-13(14)16/h3-4,7,9-11,19H,5-6,8H2,1-2H3. The summed E-state index contributed by atoms with van der Waals surface area (Å²) in [4.78, 5) is 14.0. The molecule has 1 N–H and O–H groups in total. The van der Waals surface area contributed by atoms with E-state index in [9.17, 15) is 14.3 Å². The molecule has 0 aromatic heterocycles. The molecule has 3 atom stereocenters. The first kappa shape index (κ1) is 16.0. The maximum absolute atomic E-state index is 13.0. The summed E-state index contributed by atoms with van der Waals surface area (Å²) >= 11 is 5.88. The summed E-state index contributed by atoms with van der Waals surface area (Å²) in [5.74, 6) is -0.218. The summed E-state index contributed by atoms with van der Waals surface area (Å²) in [5.41, 5.74) is 0. The van der Waals surface area contributed by atoms with Crippen LogP contribution in [0.5, 0.6) is 5.75 Å². The van der Waals surface area contributed by atoms with E-state index < -0.39 is 18.0 Å². The van der Waals surface area contributed by atoms with Crippen molar-refractivity contribution in [3.8, 4) is 5.75 Å². The van der Waals surface area contributed by atoms with Crippen molar-refractivity contribution in [1.29, 1.82) is 0 Å². The van der Waals surface area contributed by atoms with E-state index in [1.807, 2.05) is 0 Å². The smallest absolute Gasteiger partial charge is 0.263 e. The number of amides is 1. The Hall–Kier alpha value is -1.33. The van der Waals surface area contributed by atoms with Gasteiger partial charge in [0, 0.05) is 19.0 Å². The number of halogens is 2. The van der Waals surface area contributed by atoms with E-state index >= 15 is 0 Å². The van der Waals surface area contributed by atoms with Gasteiger partial charge in [0.25, 0.3) is 5.91 Å². The minimum atomic E-state index is -0.708. The molecule has 21 heavy (non-hydrogen) atoms. The fourth-order valence-corrected chi connectivity index (χ4v) is 2.66. The molecule has 6 heteroatoms. The molecule has 1 aliphatic heterocycles. The number of ether oxygens (including phenoxy) is 1. The lowest BCUT2D eigenvalue weighted by molar-refractivity contribution is -0.137. The van der Waals surface area contributed by atoms with Crippen LogP contribution in [0.3, 0.4) is 0 Å². The van der Waals surface area contributed by atoms with Gasteiger partial charge in [0.15, 0.2) is 6.10 Å². The molecule has 0 spiro atoms. The summed E-state index contributed by atoms with van der Waals surface area (Å²) in [7, 11) is 0. The zero-order chi connectivity index (χ0) is 15.6. The van der Waals surface area contributed by atoms with Crippen molar-refractivity contribution >= 4 is 17.5 Å². The van der Waals surface area contributed by atoms with Crippen molar-refractivity contribution in [2.24, 2.45) is 5.92 Å². The van der Waals surface area contributed by atoms with E-state index in [-0.39, 0.29) is 22.6 Å². The van der Waals surface area contributed by atoms with Crippen molar-refractivity contribution in [3.63, 3.8) is 0 Å². The minimum absolute atomic E-state index is 0.107. The van der Waals surface area contributed by atoms with E-state index in [0.29, 0.717) is 13.1 Å². The van der Waals surface area contributed by atoms with E-state index in [4.69, 9.17) is 16.3 Å². The van der Waals surface area contributed by atoms with Gasteiger partial charge in [-0.3, -0.25) is 4.79 Å². The summed E-state index contributed by atoms with van der Waals surface area (Å²) in [5, 5.41) is 9.70. The van der Waals surface area contributed by atoms with E-state index in [0.717, 1.165) is 12.5 Å². The fraction of sp³-hybridized carbons (Fsp3) is 0.533. The van der Waals surface area contributed by atoms with Gasteiger partial charge in [-0.15, -0.1) is 0 Å². The van der Waals surface area contributed by atoms with Crippen LogP contribution in [0.1, 0.15) is 20.3 Å². The number of nitrogens with zero attached hydrogens (tertiary/aromatic N) is 1. The third kappa shape index (κ3) is 3.86. The van der Waals surface area contributed by atoms with Crippen LogP contribution in [0.2, 0.25) is 5.02 Å². The molecule has 0 radical (unpaired) electrons. The molecular weight excluding hydrogens is 297 g/mol. The van der Waals surface area contributed by atoms with Gasteiger partial charge in [-0.05, 0) is 38.5 Å². The predicted octanol–water partition coefficient (Wildman–Crippen LogP) is 2.48. The quantitative estimate of drug-likeness (QED) is 0.928. The number of aliphatic hydroxyl groups excluding tert-OH is 1. The maximum Gasteiger partial charge on any atom is 0.263 e. The molecule has 0 bridgehead atoms. The third-order valence-electron chi connectivity index (χ3n) is 3.76. The molecular formula is C15H19ClFNO3. The van der Waals surface area contributed by atoms with Crippen molar-refractivity contribution in [3.05, 3.63) is 29.0 Å². The number of carbonyl (C=O) groups is 1. The van der Waals surface area contributed by atoms with E-state index in [1.165, 1.54) is 12.1 Å². The molecule has 116 valence electrons. The second kappa shape index (κ2) is 6.62. The number of hydrogen-bond donors (Lipinski definition) is 1. The molecule has 1 aromatic rings. The van der Waals surface area contributed by atoms with Crippen molar-refractivity contribution in [2.45, 2.75) is 32.5 Å². The molecule has 2 rings (SSSR count). The highest BCUT2D eigenvalue weighted by Gasteiger charge is 2.32. The molecule has 1 amide bonds. The number of hydrogen-bond acceptors (Lipinski definition) is 3. The average molecular weight is 316 g/mol. The highest BCUT2D eigenvalue weighted by molar-refractivity contribution is 6.32. The first-order valence-corrected chi connectivity index (χ1v) is 7.35. The zero-order valence-corrected chi connectivity index (χ0v) is 12.8. The van der Waals surface area contributed by atoms with Crippen LogP contribution in [0.25, 0.3) is 0 Å². The van der Waals surface area contributed by atoms with Crippen molar-refractivity contribution < 1.29 is 19.0 Å². The molecule has 1 fully saturated rings. The second-order valence-electron chi connectivity index (χ2n) is 5.41. The van der Waals surface area contributed by atoms with Crippen LogP contribution in [-0.4, -0.2) is 41.2 Å². The molecule has 1 aromatic carbocycles. The molecule has 0 saturated carbocycles. The fourth-order valence-electron chi connectivity index (χ4n) is 2.45. The molecule has 0 aliphatic carbocycles. The van der Waals surface area contributed by atoms with Gasteiger partial charge >= 0.3 is 0 Å². The Morgan fingerprint density at radius 1 is 1.52 bits per heavy atom. The summed E-state index contributed by atoms with van der Waals surface area (Å²) in [6.45, 7) is 4.51. The molecule has 4 nitrogen and oxygen atoms in total. The summed E-state index contributed by atoms with van der Waals surface area (Å²) in [6, 6.07) is 3.79. The highest BCUT2D eigenvalue weighted by Crippen LogP contribution is 2.27. The first-order chi connectivity index (χ1) is 9.88. The highest BCUT2D eigenvalue weighted by atomic mass is 35.5. The van der Waals surface area contributed by atoms with Crippen LogP contribution in [0.15, 0.2) is 18.2 Å². The third-order valence-corrected chi connectivity index (χ3v) is 4.06. The van der Waals surface area contributed by atoms with Gasteiger partial charge in [0.2, 0.25) is 0 Å². The monoisotopic (exact) mass is 315 g/mol. The normalized spacial score (nSPS) is 21.2. The average Bonchev–Trinajstić information content (AvgIpc) is 2.90. The number of benzene rings is 1. The van der Waals surface area contributed by atoms with Gasteiger partial charge in [0.1, 0.15) is 11.6 Å². The molecule has 1 aliphatic rings. The Labute approximate surface area is 128 Å². The first-order valence-electron chi connectivity index (χ1n) is 6.97. The number of rotatable bonds is 4. The van der Waals surface area contributed by atoms with Gasteiger partial charge < -0.3 is 14.7 Å². The van der Waals surface area contributed by atoms with Crippen molar-refractivity contribution in [1.82, 2.24) is 4.90 Å². The Balaban J connectivity index is 1.97. The van der Waals surface area contributed by atoms with Gasteiger partial charge in [-0.2, -0.15) is 0 Å². The second-order valence-corrected chi connectivity index (χ2v) is 5.82. The van der Waals surface area contributed by atoms with Crippen LogP contribution < -0.4 is 4.74 Å². The lowest BCUT2D eigenvalue weighted by Crippen LogP contribution is -2.39. The number of carbonyl (C=O) groups excluding carboxylic acids is 1. The Morgan fingerprint density at radius 3 is 2.81 bits per heavy atom. The van der Waals surface area contributed by atoms with E-state index in [2.05, 4.69) is 0 Å². The van der Waals surface area contributed by atoms with Gasteiger partial charge in [-0.25, -0.2) is 4.39 Å². The summed E-state index contributed by atoms with van der Waals surface area (Å²) < 4.78 is 18.5. The lowest BCUT2D eigenvalue weighted by atomic mass is 10.0. The molecule has 1 heterocycles. The van der Waals surface area contributed by atoms with Crippen molar-refractivity contribution in [2.75, 3.05) is 13.1 Å². The largest absolute Gasteiger partial charge is 0.479 e. The minimum Gasteiger partial charge on any atom is -0.479 e. The topological polar surface area (TPSA) is 49.8 Å². The van der Waals surface area contributed by atoms with E-state index in [1.54, 1.807) is 18.7 Å². The van der Waals surface area contributed by atoms with Crippen LogP contribution >= 0.6 is 11.6 Å². The van der Waals surface area contributed by atoms with Crippen LogP contribution in [0.4, 0.5) is 4.39 Å². The zero-order valence-electron chi connectivity index (χ0n) is 12.1. The van der Waals surface area contributed by atoms with Crippen LogP contribution in [-0.2, 0) is 4.79 Å². The van der Waals surface area contributed by atoms with Gasteiger partial charge in [0.05, 0.1) is 11.1 Å². The SMILES string of the molecule is CC(Oc1ccc(F)cc1Cl)C(=O)N1CCC(C(C)O)C1. The number of likely N-dealkylation sites (tertiary alicyclic amines) is 1. The Bertz CT molecular complexity index is 524. The lowest BCUT2D eigenvalue weighted by Gasteiger charge is -2.22. The maximum atomic E-state index is 13.0. The van der Waals surface area contributed by atoms with Crippen LogP contribution in [0, 0.1) is 11.7 Å². The number of aliphatic hydroxyl groups is 1. The Morgan fingerprint density at radius 2 is 2.24 bits per heavy atom.